The zero-order valence-electron chi connectivity index (χ0n) is 13.9. The van der Waals surface area contributed by atoms with Gasteiger partial charge in [0.25, 0.3) is 5.91 Å². The van der Waals surface area contributed by atoms with E-state index in [2.05, 4.69) is 10.1 Å². The fourth-order valence-electron chi connectivity index (χ4n) is 2.30. The van der Waals surface area contributed by atoms with E-state index in [1.54, 1.807) is 36.5 Å². The quantitative estimate of drug-likeness (QED) is 0.784. The summed E-state index contributed by atoms with van der Waals surface area (Å²) in [5.74, 6) is -2.01. The molecule has 0 aromatic heterocycles. The first-order valence-corrected chi connectivity index (χ1v) is 7.67. The predicted octanol–water partition coefficient (Wildman–Crippen LogP) is 2.01. The first kappa shape index (κ1) is 18.5. The summed E-state index contributed by atoms with van der Waals surface area (Å²) in [6.07, 6.45) is 0. The third-order valence-corrected chi connectivity index (χ3v) is 3.70. The van der Waals surface area contributed by atoms with Gasteiger partial charge in [-0.05, 0) is 43.3 Å². The van der Waals surface area contributed by atoms with Crippen LogP contribution < -0.4 is 10.6 Å². The van der Waals surface area contributed by atoms with E-state index in [4.69, 9.17) is 0 Å². The highest BCUT2D eigenvalue weighted by Crippen LogP contribution is 2.14. The Kier molecular flexibility index (Phi) is 6.19. The van der Waals surface area contributed by atoms with Gasteiger partial charge in [0.1, 0.15) is 17.7 Å². The van der Waals surface area contributed by atoms with E-state index in [1.807, 2.05) is 0 Å². The number of carbonyl (C=O) groups excluding carboxylic acids is 2. The molecule has 2 aromatic rings. The lowest BCUT2D eigenvalue weighted by molar-refractivity contribution is -0.682. The molecule has 0 saturated carbocycles. The van der Waals surface area contributed by atoms with E-state index in [-0.39, 0.29) is 18.5 Å². The molecule has 25 heavy (non-hydrogen) atoms. The van der Waals surface area contributed by atoms with Crippen LogP contribution in [0.25, 0.3) is 0 Å². The van der Waals surface area contributed by atoms with E-state index in [1.165, 1.54) is 19.2 Å². The second-order valence-corrected chi connectivity index (χ2v) is 5.51. The molecule has 0 bridgehead atoms. The standard InChI is InChI=1S/C18H18F2N2O3/c1-11(15-8-5-13(19)9-16(15)20)21-10-17(23)22-14-6-3-12(4-7-14)18(24)25-2/h3-9,11,21H,10H2,1-2H3,(H,22,23)/p+1/t11-/m1/s1. The number of amides is 1. The highest BCUT2D eigenvalue weighted by Gasteiger charge is 2.16. The summed E-state index contributed by atoms with van der Waals surface area (Å²) < 4.78 is 31.2. The van der Waals surface area contributed by atoms with Crippen molar-refractivity contribution < 1.29 is 28.4 Å². The predicted molar refractivity (Wildman–Crippen MR) is 88.0 cm³/mol. The second-order valence-electron chi connectivity index (χ2n) is 5.51. The fourth-order valence-corrected chi connectivity index (χ4v) is 2.30. The van der Waals surface area contributed by atoms with Crippen LogP contribution in [0.4, 0.5) is 14.5 Å². The SMILES string of the molecule is COC(=O)c1ccc(NC(=O)C[NH2+][C@H](C)c2ccc(F)cc2F)cc1. The first-order chi connectivity index (χ1) is 11.9. The molecule has 0 aliphatic rings. The Morgan fingerprint density at radius 3 is 2.44 bits per heavy atom. The molecule has 2 aromatic carbocycles. The summed E-state index contributed by atoms with van der Waals surface area (Å²) in [6, 6.07) is 9.31. The van der Waals surface area contributed by atoms with Crippen LogP contribution in [0.3, 0.4) is 0 Å². The third-order valence-electron chi connectivity index (χ3n) is 3.70. The van der Waals surface area contributed by atoms with E-state index < -0.39 is 17.6 Å². The van der Waals surface area contributed by atoms with Crippen LogP contribution in [0.5, 0.6) is 0 Å². The second kappa shape index (κ2) is 8.34. The molecule has 5 nitrogen and oxygen atoms in total. The van der Waals surface area contributed by atoms with Gasteiger partial charge in [-0.15, -0.1) is 0 Å². The van der Waals surface area contributed by atoms with Gasteiger partial charge in [-0.2, -0.15) is 0 Å². The Balaban J connectivity index is 1.88. The number of anilines is 1. The zero-order valence-corrected chi connectivity index (χ0v) is 13.9. The summed E-state index contributed by atoms with van der Waals surface area (Å²) in [5, 5.41) is 4.33. The van der Waals surface area contributed by atoms with Gasteiger partial charge in [0, 0.05) is 17.3 Å². The smallest absolute Gasteiger partial charge is 0.337 e. The molecule has 0 saturated heterocycles. The van der Waals surface area contributed by atoms with Gasteiger partial charge in [-0.3, -0.25) is 4.79 Å². The molecule has 2 rings (SSSR count). The summed E-state index contributed by atoms with van der Waals surface area (Å²) in [4.78, 5) is 23.3. The summed E-state index contributed by atoms with van der Waals surface area (Å²) >= 11 is 0. The van der Waals surface area contributed by atoms with E-state index >= 15 is 0 Å². The van der Waals surface area contributed by atoms with Crippen molar-refractivity contribution in [3.8, 4) is 0 Å². The number of rotatable bonds is 6. The van der Waals surface area contributed by atoms with E-state index in [0.717, 1.165) is 6.07 Å². The molecule has 0 heterocycles. The third kappa shape index (κ3) is 5.09. The number of esters is 1. The van der Waals surface area contributed by atoms with Crippen LogP contribution in [-0.2, 0) is 9.53 Å². The Labute approximate surface area is 144 Å². The Bertz CT molecular complexity index is 763. The van der Waals surface area contributed by atoms with Gasteiger partial charge in [-0.25, -0.2) is 13.6 Å². The Morgan fingerprint density at radius 2 is 1.84 bits per heavy atom. The highest BCUT2D eigenvalue weighted by molar-refractivity contribution is 5.93. The number of benzene rings is 2. The number of hydrogen-bond acceptors (Lipinski definition) is 3. The normalized spacial score (nSPS) is 11.7. The van der Waals surface area contributed by atoms with Gasteiger partial charge < -0.3 is 15.4 Å². The summed E-state index contributed by atoms with van der Waals surface area (Å²) in [5.41, 5.74) is 1.25. The molecule has 1 atom stereocenters. The number of carbonyl (C=O) groups is 2. The molecular weight excluding hydrogens is 330 g/mol. The fraction of sp³-hybridized carbons (Fsp3) is 0.222. The number of ether oxygens (including phenoxy) is 1. The summed E-state index contributed by atoms with van der Waals surface area (Å²) in [7, 11) is 1.29. The number of methoxy groups -OCH3 is 1. The number of nitrogens with one attached hydrogen (secondary N) is 1. The maximum Gasteiger partial charge on any atom is 0.337 e. The number of halogens is 2. The van der Waals surface area contributed by atoms with E-state index in [9.17, 15) is 18.4 Å². The number of nitrogens with two attached hydrogens (primary N) is 1. The average Bonchev–Trinajstić information content (AvgIpc) is 2.59. The zero-order chi connectivity index (χ0) is 18.4. The molecule has 1 amide bonds. The van der Waals surface area contributed by atoms with Gasteiger partial charge in [0.15, 0.2) is 6.54 Å². The van der Waals surface area contributed by atoms with Crippen molar-refractivity contribution >= 4 is 17.6 Å². The topological polar surface area (TPSA) is 72.0 Å². The van der Waals surface area contributed by atoms with Crippen LogP contribution in [0.15, 0.2) is 42.5 Å². The minimum absolute atomic E-state index is 0.0662. The van der Waals surface area contributed by atoms with Gasteiger partial charge in [0.2, 0.25) is 0 Å². The lowest BCUT2D eigenvalue weighted by atomic mass is 10.1. The maximum absolute atomic E-state index is 13.7. The van der Waals surface area contributed by atoms with Crippen molar-refractivity contribution in [3.63, 3.8) is 0 Å². The first-order valence-electron chi connectivity index (χ1n) is 7.67. The minimum Gasteiger partial charge on any atom is -0.465 e. The average molecular weight is 349 g/mol. The van der Waals surface area contributed by atoms with Crippen LogP contribution in [0.1, 0.15) is 28.9 Å². The van der Waals surface area contributed by atoms with E-state index in [0.29, 0.717) is 16.8 Å². The monoisotopic (exact) mass is 349 g/mol. The van der Waals surface area contributed by atoms with Crippen molar-refractivity contribution in [2.24, 2.45) is 0 Å². The molecule has 0 spiro atoms. The highest BCUT2D eigenvalue weighted by atomic mass is 19.1. The molecule has 0 unspecified atom stereocenters. The van der Waals surface area contributed by atoms with Crippen molar-refractivity contribution in [1.82, 2.24) is 0 Å². The van der Waals surface area contributed by atoms with Crippen molar-refractivity contribution in [2.75, 3.05) is 19.0 Å². The van der Waals surface area contributed by atoms with Gasteiger partial charge in [0.05, 0.1) is 12.7 Å². The van der Waals surface area contributed by atoms with Crippen LogP contribution in [-0.4, -0.2) is 25.5 Å². The number of quaternary nitrogens is 1. The largest absolute Gasteiger partial charge is 0.465 e. The molecule has 0 aliphatic carbocycles. The minimum atomic E-state index is -0.637. The van der Waals surface area contributed by atoms with Crippen LogP contribution >= 0.6 is 0 Å². The lowest BCUT2D eigenvalue weighted by Crippen LogP contribution is -2.86. The van der Waals surface area contributed by atoms with Crippen molar-refractivity contribution in [1.29, 1.82) is 0 Å². The van der Waals surface area contributed by atoms with Crippen LogP contribution in [0.2, 0.25) is 0 Å². The molecule has 0 fully saturated rings. The maximum atomic E-state index is 13.7. The van der Waals surface area contributed by atoms with Gasteiger partial charge in [-0.1, -0.05) is 0 Å². The Morgan fingerprint density at radius 1 is 1.16 bits per heavy atom. The number of hydrogen-bond donors (Lipinski definition) is 2. The van der Waals surface area contributed by atoms with Gasteiger partial charge >= 0.3 is 5.97 Å². The molecule has 3 N–H and O–H groups in total. The van der Waals surface area contributed by atoms with Crippen molar-refractivity contribution in [2.45, 2.75) is 13.0 Å². The molecule has 7 heteroatoms. The molecule has 0 radical (unpaired) electrons. The summed E-state index contributed by atoms with van der Waals surface area (Å²) in [6.45, 7) is 1.80. The molecular formula is C18H19F2N2O3+. The Hall–Kier alpha value is -2.80. The molecule has 132 valence electrons. The lowest BCUT2D eigenvalue weighted by Gasteiger charge is -2.12. The van der Waals surface area contributed by atoms with Crippen LogP contribution in [0, 0.1) is 11.6 Å². The molecule has 0 aliphatic heterocycles. The van der Waals surface area contributed by atoms with Crippen molar-refractivity contribution in [3.05, 3.63) is 65.2 Å².